The van der Waals surface area contributed by atoms with Gasteiger partial charge in [-0.3, -0.25) is 0 Å². The molecule has 0 aliphatic rings. The highest BCUT2D eigenvalue weighted by molar-refractivity contribution is 6.14. The molecule has 3 aromatic heterocycles. The SMILES string of the molecule is c1ccc(-c2ccc(-n3c4ccccc4c4cc(-c5ccc6c7ccccc7n(-c7cccc8c7oc7ccccc78)c6c5)ccc43)cc2)cc1. The zero-order valence-electron chi connectivity index (χ0n) is 27.6. The number of aromatic nitrogens is 2. The van der Waals surface area contributed by atoms with E-state index in [-0.39, 0.29) is 0 Å². The Labute approximate surface area is 293 Å². The molecule has 3 heterocycles. The first-order chi connectivity index (χ1) is 25.3. The van der Waals surface area contributed by atoms with Crippen LogP contribution in [0.25, 0.3) is 99.2 Å². The van der Waals surface area contributed by atoms with E-state index in [1.807, 2.05) is 6.07 Å². The highest BCUT2D eigenvalue weighted by atomic mass is 16.3. The van der Waals surface area contributed by atoms with E-state index in [2.05, 4.69) is 185 Å². The highest BCUT2D eigenvalue weighted by Crippen LogP contribution is 2.40. The molecule has 0 radical (unpaired) electrons. The van der Waals surface area contributed by atoms with E-state index >= 15 is 0 Å². The maximum absolute atomic E-state index is 6.55. The van der Waals surface area contributed by atoms with Gasteiger partial charge in [-0.15, -0.1) is 0 Å². The van der Waals surface area contributed by atoms with Gasteiger partial charge in [0.2, 0.25) is 0 Å². The minimum absolute atomic E-state index is 0.901. The van der Waals surface area contributed by atoms with E-state index in [1.165, 1.54) is 54.8 Å². The number of benzene rings is 8. The van der Waals surface area contributed by atoms with Crippen LogP contribution in [-0.4, -0.2) is 9.13 Å². The Kier molecular flexibility index (Phi) is 5.96. The average Bonchev–Trinajstić information content (AvgIpc) is 3.86. The predicted molar refractivity (Wildman–Crippen MR) is 213 cm³/mol. The molecule has 238 valence electrons. The molecule has 0 N–H and O–H groups in total. The monoisotopic (exact) mass is 650 g/mol. The summed E-state index contributed by atoms with van der Waals surface area (Å²) in [5.74, 6) is 0. The summed E-state index contributed by atoms with van der Waals surface area (Å²) in [4.78, 5) is 0. The van der Waals surface area contributed by atoms with Crippen molar-refractivity contribution in [3.05, 3.63) is 182 Å². The first-order valence-electron chi connectivity index (χ1n) is 17.4. The molecule has 0 saturated heterocycles. The van der Waals surface area contributed by atoms with Gasteiger partial charge in [-0.1, -0.05) is 127 Å². The largest absolute Gasteiger partial charge is 0.454 e. The van der Waals surface area contributed by atoms with E-state index in [0.29, 0.717) is 0 Å². The number of hydrogen-bond donors (Lipinski definition) is 0. The van der Waals surface area contributed by atoms with E-state index in [9.17, 15) is 0 Å². The van der Waals surface area contributed by atoms with Gasteiger partial charge >= 0.3 is 0 Å². The van der Waals surface area contributed by atoms with Crippen LogP contribution in [0.4, 0.5) is 0 Å². The van der Waals surface area contributed by atoms with Gasteiger partial charge in [0.15, 0.2) is 5.58 Å². The zero-order valence-corrected chi connectivity index (χ0v) is 27.6. The molecule has 0 bridgehead atoms. The molecular formula is C48H30N2O. The number of nitrogens with zero attached hydrogens (tertiary/aromatic N) is 2. The van der Waals surface area contributed by atoms with Crippen molar-refractivity contribution in [2.45, 2.75) is 0 Å². The smallest absolute Gasteiger partial charge is 0.159 e. The van der Waals surface area contributed by atoms with Crippen LogP contribution in [0, 0.1) is 0 Å². The van der Waals surface area contributed by atoms with E-state index in [1.54, 1.807) is 0 Å². The van der Waals surface area contributed by atoms with Gasteiger partial charge in [-0.25, -0.2) is 0 Å². The molecule has 0 amide bonds. The number of furan rings is 1. The van der Waals surface area contributed by atoms with Crippen LogP contribution in [-0.2, 0) is 0 Å². The molecule has 0 atom stereocenters. The van der Waals surface area contributed by atoms with Gasteiger partial charge in [0.05, 0.1) is 27.8 Å². The molecule has 51 heavy (non-hydrogen) atoms. The molecule has 3 nitrogen and oxygen atoms in total. The first-order valence-corrected chi connectivity index (χ1v) is 17.4. The minimum atomic E-state index is 0.901. The Morgan fingerprint density at radius 1 is 0.314 bits per heavy atom. The Morgan fingerprint density at radius 3 is 1.71 bits per heavy atom. The van der Waals surface area contributed by atoms with Crippen LogP contribution < -0.4 is 0 Å². The lowest BCUT2D eigenvalue weighted by Gasteiger charge is -2.11. The van der Waals surface area contributed by atoms with Crippen LogP contribution in [0.3, 0.4) is 0 Å². The summed E-state index contributed by atoms with van der Waals surface area (Å²) in [5.41, 5.74) is 13.5. The fraction of sp³-hybridized carbons (Fsp3) is 0. The lowest BCUT2D eigenvalue weighted by atomic mass is 10.0. The van der Waals surface area contributed by atoms with Gasteiger partial charge < -0.3 is 13.6 Å². The quantitative estimate of drug-likeness (QED) is 0.186. The standard InChI is InChI=1S/C48H30N2O/c1-2-11-31(12-3-1)32-21-25-35(26-22-32)49-42-17-7-5-14-37(42)41-29-33(24-28-44(41)49)34-23-27-38-36-13-4-8-18-43(36)50(46(38)30-34)45-19-10-16-40-39-15-6-9-20-47(39)51-48(40)45/h1-30H. The summed E-state index contributed by atoms with van der Waals surface area (Å²) < 4.78 is 11.3. The summed E-state index contributed by atoms with van der Waals surface area (Å²) in [6.45, 7) is 0. The Morgan fingerprint density at radius 2 is 0.882 bits per heavy atom. The molecule has 8 aromatic carbocycles. The van der Waals surface area contributed by atoms with Gasteiger partial charge in [-0.2, -0.15) is 0 Å². The molecule has 0 fully saturated rings. The van der Waals surface area contributed by atoms with Crippen molar-refractivity contribution in [2.24, 2.45) is 0 Å². The normalized spacial score (nSPS) is 11.9. The summed E-state index contributed by atoms with van der Waals surface area (Å²) in [6, 6.07) is 65.5. The summed E-state index contributed by atoms with van der Waals surface area (Å²) in [7, 11) is 0. The molecule has 0 aliphatic heterocycles. The summed E-state index contributed by atoms with van der Waals surface area (Å²) >= 11 is 0. The lowest BCUT2D eigenvalue weighted by molar-refractivity contribution is 0.666. The fourth-order valence-electron chi connectivity index (χ4n) is 8.18. The molecular weight excluding hydrogens is 621 g/mol. The number of fused-ring (bicyclic) bond motifs is 9. The maximum Gasteiger partial charge on any atom is 0.159 e. The van der Waals surface area contributed by atoms with Crippen molar-refractivity contribution in [3.8, 4) is 33.6 Å². The van der Waals surface area contributed by atoms with Gasteiger partial charge in [0, 0.05) is 38.0 Å². The third-order valence-corrected chi connectivity index (χ3v) is 10.5. The highest BCUT2D eigenvalue weighted by Gasteiger charge is 2.19. The Balaban J connectivity index is 1.10. The second kappa shape index (κ2) is 10.8. The summed E-state index contributed by atoms with van der Waals surface area (Å²) in [6.07, 6.45) is 0. The Hall–Kier alpha value is -6.84. The molecule has 11 aromatic rings. The maximum atomic E-state index is 6.55. The molecule has 0 unspecified atom stereocenters. The molecule has 3 heteroatoms. The topological polar surface area (TPSA) is 23.0 Å². The second-order valence-corrected chi connectivity index (χ2v) is 13.3. The van der Waals surface area contributed by atoms with Crippen molar-refractivity contribution in [3.63, 3.8) is 0 Å². The van der Waals surface area contributed by atoms with Crippen molar-refractivity contribution in [2.75, 3.05) is 0 Å². The van der Waals surface area contributed by atoms with Crippen molar-refractivity contribution < 1.29 is 4.42 Å². The molecule has 0 saturated carbocycles. The second-order valence-electron chi connectivity index (χ2n) is 13.3. The number of hydrogen-bond acceptors (Lipinski definition) is 1. The van der Waals surface area contributed by atoms with Gasteiger partial charge in [0.1, 0.15) is 5.58 Å². The van der Waals surface area contributed by atoms with Crippen molar-refractivity contribution >= 4 is 65.6 Å². The third-order valence-electron chi connectivity index (χ3n) is 10.5. The van der Waals surface area contributed by atoms with Crippen LogP contribution in [0.1, 0.15) is 0 Å². The van der Waals surface area contributed by atoms with Gasteiger partial charge in [0.25, 0.3) is 0 Å². The first kappa shape index (κ1) is 28.0. The molecule has 11 rings (SSSR count). The fourth-order valence-corrected chi connectivity index (χ4v) is 8.18. The van der Waals surface area contributed by atoms with Crippen molar-refractivity contribution in [1.82, 2.24) is 9.13 Å². The summed E-state index contributed by atoms with van der Waals surface area (Å²) in [5, 5.41) is 7.19. The van der Waals surface area contributed by atoms with Crippen LogP contribution in [0.2, 0.25) is 0 Å². The third kappa shape index (κ3) is 4.19. The zero-order chi connectivity index (χ0) is 33.5. The Bertz CT molecular complexity index is 3120. The van der Waals surface area contributed by atoms with E-state index < -0.39 is 0 Å². The molecule has 0 spiro atoms. The van der Waals surface area contributed by atoms with Gasteiger partial charge in [-0.05, 0) is 76.9 Å². The molecule has 0 aliphatic carbocycles. The number of rotatable bonds is 4. The van der Waals surface area contributed by atoms with Crippen molar-refractivity contribution in [1.29, 1.82) is 0 Å². The predicted octanol–water partition coefficient (Wildman–Crippen LogP) is 13.1. The number of para-hydroxylation sites is 4. The van der Waals surface area contributed by atoms with Crippen LogP contribution >= 0.6 is 0 Å². The van der Waals surface area contributed by atoms with Crippen LogP contribution in [0.15, 0.2) is 186 Å². The van der Waals surface area contributed by atoms with E-state index in [0.717, 1.165) is 44.3 Å². The van der Waals surface area contributed by atoms with Crippen LogP contribution in [0.5, 0.6) is 0 Å². The van der Waals surface area contributed by atoms with E-state index in [4.69, 9.17) is 4.42 Å². The lowest BCUT2D eigenvalue weighted by Crippen LogP contribution is -1.94. The average molecular weight is 651 g/mol. The minimum Gasteiger partial charge on any atom is -0.454 e.